The number of H-pyrrole nitrogens is 1. The summed E-state index contributed by atoms with van der Waals surface area (Å²) < 4.78 is 15.6. The van der Waals surface area contributed by atoms with Gasteiger partial charge in [-0.25, -0.2) is 9.78 Å². The molecule has 0 fully saturated rings. The highest BCUT2D eigenvalue weighted by Crippen LogP contribution is 2.24. The maximum atomic E-state index is 12.6. The average molecular weight is 445 g/mol. The quantitative estimate of drug-likeness (QED) is 0.408. The Morgan fingerprint density at radius 3 is 2.18 bits per heavy atom. The standard InChI is InChI=1S/C25H23N3O5/c1-15(24(29)26-18-7-11-20(32-3)12-8-18)33-25(30)17-6-13-21-22(14-17)28-23(27-21)16-4-9-19(31-2)10-5-16/h4-15H,1-3H3,(H,26,29)(H,27,28). The minimum absolute atomic E-state index is 0.316. The first kappa shape index (κ1) is 21.9. The molecule has 4 aromatic rings. The van der Waals surface area contributed by atoms with Crippen LogP contribution >= 0.6 is 0 Å². The highest BCUT2D eigenvalue weighted by atomic mass is 16.5. The number of aromatic amines is 1. The molecule has 0 saturated heterocycles. The van der Waals surface area contributed by atoms with Crippen molar-refractivity contribution in [1.29, 1.82) is 0 Å². The van der Waals surface area contributed by atoms with Crippen molar-refractivity contribution in [3.63, 3.8) is 0 Å². The summed E-state index contributed by atoms with van der Waals surface area (Å²) in [5.41, 5.74) is 3.18. The number of nitrogens with one attached hydrogen (secondary N) is 2. The number of aromatic nitrogens is 2. The highest BCUT2D eigenvalue weighted by molar-refractivity contribution is 5.98. The fourth-order valence-corrected chi connectivity index (χ4v) is 3.22. The van der Waals surface area contributed by atoms with Crippen LogP contribution in [0, 0.1) is 0 Å². The van der Waals surface area contributed by atoms with Crippen LogP contribution in [0.15, 0.2) is 66.7 Å². The summed E-state index contributed by atoms with van der Waals surface area (Å²) in [6, 6.07) is 19.4. The highest BCUT2D eigenvalue weighted by Gasteiger charge is 2.20. The molecule has 4 rings (SSSR count). The lowest BCUT2D eigenvalue weighted by atomic mass is 10.2. The van der Waals surface area contributed by atoms with Crippen molar-refractivity contribution in [3.05, 3.63) is 72.3 Å². The predicted octanol–water partition coefficient (Wildman–Crippen LogP) is 4.43. The summed E-state index contributed by atoms with van der Waals surface area (Å²) in [5, 5.41) is 2.71. The van der Waals surface area contributed by atoms with Crippen molar-refractivity contribution in [1.82, 2.24) is 9.97 Å². The summed E-state index contributed by atoms with van der Waals surface area (Å²) in [7, 11) is 3.18. The molecule has 1 amide bonds. The third kappa shape index (κ3) is 4.95. The van der Waals surface area contributed by atoms with Crippen molar-refractivity contribution in [2.24, 2.45) is 0 Å². The van der Waals surface area contributed by atoms with Gasteiger partial charge >= 0.3 is 5.97 Å². The molecule has 0 saturated carbocycles. The van der Waals surface area contributed by atoms with Crippen LogP contribution in [0.2, 0.25) is 0 Å². The van der Waals surface area contributed by atoms with E-state index in [-0.39, 0.29) is 0 Å². The number of anilines is 1. The second kappa shape index (κ2) is 9.44. The Morgan fingerprint density at radius 1 is 0.909 bits per heavy atom. The van der Waals surface area contributed by atoms with Crippen LogP contribution in [-0.2, 0) is 9.53 Å². The van der Waals surface area contributed by atoms with Crippen LogP contribution in [0.1, 0.15) is 17.3 Å². The zero-order valence-corrected chi connectivity index (χ0v) is 18.4. The topological polar surface area (TPSA) is 103 Å². The van der Waals surface area contributed by atoms with E-state index in [1.165, 1.54) is 6.92 Å². The molecule has 1 heterocycles. The zero-order valence-electron chi connectivity index (χ0n) is 18.4. The second-order valence-electron chi connectivity index (χ2n) is 7.31. The number of carbonyl (C=O) groups excluding carboxylic acids is 2. The Bertz CT molecular complexity index is 1280. The fourth-order valence-electron chi connectivity index (χ4n) is 3.22. The maximum Gasteiger partial charge on any atom is 0.338 e. The smallest absolute Gasteiger partial charge is 0.338 e. The lowest BCUT2D eigenvalue weighted by Gasteiger charge is -2.14. The van der Waals surface area contributed by atoms with Crippen LogP contribution < -0.4 is 14.8 Å². The summed E-state index contributed by atoms with van der Waals surface area (Å²) in [4.78, 5) is 32.8. The van der Waals surface area contributed by atoms with E-state index in [9.17, 15) is 9.59 Å². The number of imidazole rings is 1. The van der Waals surface area contributed by atoms with Gasteiger partial charge < -0.3 is 24.5 Å². The lowest BCUT2D eigenvalue weighted by molar-refractivity contribution is -0.123. The number of hydrogen-bond donors (Lipinski definition) is 2. The average Bonchev–Trinajstić information content (AvgIpc) is 3.28. The second-order valence-corrected chi connectivity index (χ2v) is 7.31. The normalized spacial score (nSPS) is 11.6. The number of esters is 1. The van der Waals surface area contributed by atoms with E-state index in [2.05, 4.69) is 15.3 Å². The SMILES string of the molecule is COc1ccc(NC(=O)C(C)OC(=O)c2ccc3nc(-c4ccc(OC)cc4)[nH]c3c2)cc1. The maximum absolute atomic E-state index is 12.6. The molecule has 0 aliphatic heterocycles. The molecule has 33 heavy (non-hydrogen) atoms. The summed E-state index contributed by atoms with van der Waals surface area (Å²) in [6.07, 6.45) is -0.980. The van der Waals surface area contributed by atoms with E-state index in [1.807, 2.05) is 24.3 Å². The van der Waals surface area contributed by atoms with Crippen molar-refractivity contribution < 1.29 is 23.8 Å². The van der Waals surface area contributed by atoms with E-state index in [4.69, 9.17) is 14.2 Å². The first-order valence-corrected chi connectivity index (χ1v) is 10.3. The largest absolute Gasteiger partial charge is 0.497 e. The number of fused-ring (bicyclic) bond motifs is 1. The first-order valence-electron chi connectivity index (χ1n) is 10.3. The molecule has 0 spiro atoms. The molecule has 1 aromatic heterocycles. The van der Waals surface area contributed by atoms with Gasteiger partial charge in [-0.15, -0.1) is 0 Å². The van der Waals surface area contributed by atoms with Crippen LogP contribution in [0.4, 0.5) is 5.69 Å². The Balaban J connectivity index is 1.43. The molecule has 8 heteroatoms. The number of ether oxygens (including phenoxy) is 3. The van der Waals surface area contributed by atoms with Crippen LogP contribution in [0.3, 0.4) is 0 Å². The third-order valence-corrected chi connectivity index (χ3v) is 5.09. The third-order valence-electron chi connectivity index (χ3n) is 5.09. The fraction of sp³-hybridized carbons (Fsp3) is 0.160. The molecular weight excluding hydrogens is 422 g/mol. The van der Waals surface area contributed by atoms with Crippen molar-refractivity contribution in [2.45, 2.75) is 13.0 Å². The van der Waals surface area contributed by atoms with Crippen molar-refractivity contribution >= 4 is 28.6 Å². The first-order chi connectivity index (χ1) is 16.0. The van der Waals surface area contributed by atoms with Gasteiger partial charge in [0.2, 0.25) is 0 Å². The number of amides is 1. The van der Waals surface area contributed by atoms with E-state index >= 15 is 0 Å². The summed E-state index contributed by atoms with van der Waals surface area (Å²) >= 11 is 0. The molecular formula is C25H23N3O5. The van der Waals surface area contributed by atoms with Gasteiger partial charge in [0.25, 0.3) is 5.91 Å². The number of nitrogens with zero attached hydrogens (tertiary/aromatic N) is 1. The van der Waals surface area contributed by atoms with Gasteiger partial charge in [-0.05, 0) is 73.7 Å². The molecule has 1 unspecified atom stereocenters. The molecule has 0 aliphatic rings. The molecule has 3 aromatic carbocycles. The molecule has 1 atom stereocenters. The molecule has 2 N–H and O–H groups in total. The van der Waals surface area contributed by atoms with Gasteiger partial charge in [0.1, 0.15) is 17.3 Å². The van der Waals surface area contributed by atoms with Gasteiger partial charge in [0.05, 0.1) is 30.8 Å². The molecule has 8 nitrogen and oxygen atoms in total. The minimum Gasteiger partial charge on any atom is -0.497 e. The number of carbonyl (C=O) groups is 2. The van der Waals surface area contributed by atoms with Crippen molar-refractivity contribution in [2.75, 3.05) is 19.5 Å². The number of hydrogen-bond acceptors (Lipinski definition) is 6. The van der Waals surface area contributed by atoms with Gasteiger partial charge in [-0.2, -0.15) is 0 Å². The van der Waals surface area contributed by atoms with Gasteiger partial charge in [-0.3, -0.25) is 4.79 Å². The molecule has 0 radical (unpaired) electrons. The van der Waals surface area contributed by atoms with E-state index in [0.29, 0.717) is 33.9 Å². The Labute approximate surface area is 190 Å². The Hall–Kier alpha value is -4.33. The van der Waals surface area contributed by atoms with Crippen LogP contribution in [0.5, 0.6) is 11.5 Å². The van der Waals surface area contributed by atoms with Crippen molar-refractivity contribution in [3.8, 4) is 22.9 Å². The zero-order chi connectivity index (χ0) is 23.4. The molecule has 0 bridgehead atoms. The van der Waals surface area contributed by atoms with E-state index < -0.39 is 18.0 Å². The van der Waals surface area contributed by atoms with E-state index in [1.54, 1.807) is 56.7 Å². The summed E-state index contributed by atoms with van der Waals surface area (Å²) in [5.74, 6) is 1.07. The Morgan fingerprint density at radius 2 is 1.55 bits per heavy atom. The molecule has 0 aliphatic carbocycles. The van der Waals surface area contributed by atoms with Crippen LogP contribution in [-0.4, -0.2) is 42.2 Å². The van der Waals surface area contributed by atoms with Gasteiger partial charge in [0, 0.05) is 11.3 Å². The van der Waals surface area contributed by atoms with E-state index in [0.717, 1.165) is 11.3 Å². The number of methoxy groups -OCH3 is 2. The predicted molar refractivity (Wildman–Crippen MR) is 125 cm³/mol. The lowest BCUT2D eigenvalue weighted by Crippen LogP contribution is -2.30. The minimum atomic E-state index is -0.980. The number of benzene rings is 3. The van der Waals surface area contributed by atoms with Gasteiger partial charge in [-0.1, -0.05) is 0 Å². The monoisotopic (exact) mass is 445 g/mol. The summed E-state index contributed by atoms with van der Waals surface area (Å²) in [6.45, 7) is 1.52. The van der Waals surface area contributed by atoms with Crippen LogP contribution in [0.25, 0.3) is 22.4 Å². The van der Waals surface area contributed by atoms with Gasteiger partial charge in [0.15, 0.2) is 6.10 Å². The Kier molecular flexibility index (Phi) is 6.26. The molecule has 168 valence electrons. The number of rotatable bonds is 7.